The van der Waals surface area contributed by atoms with Gasteiger partial charge in [-0.25, -0.2) is 4.98 Å². The minimum atomic E-state index is -0.142. The number of nitrogens with zero attached hydrogens (tertiary/aromatic N) is 2. The molecule has 0 saturated carbocycles. The van der Waals surface area contributed by atoms with Crippen molar-refractivity contribution in [3.63, 3.8) is 0 Å². The molecule has 0 aliphatic heterocycles. The van der Waals surface area contributed by atoms with Crippen LogP contribution in [0.15, 0.2) is 41.1 Å². The van der Waals surface area contributed by atoms with Crippen LogP contribution in [0, 0.1) is 6.92 Å². The summed E-state index contributed by atoms with van der Waals surface area (Å²) >= 11 is 1.15. The van der Waals surface area contributed by atoms with Crippen LogP contribution in [0.3, 0.4) is 0 Å². The lowest BCUT2D eigenvalue weighted by molar-refractivity contribution is 0.104. The molecule has 3 rings (SSSR count). The van der Waals surface area contributed by atoms with Gasteiger partial charge >= 0.3 is 0 Å². The fraction of sp³-hybridized carbons (Fsp3) is 0.0714. The maximum absolute atomic E-state index is 12.6. The Bertz CT molecular complexity index is 763. The number of nitrogens with two attached hydrogens (primary N) is 1. The Balaban J connectivity index is 2.12. The molecule has 0 bridgehead atoms. The number of hydrogen-bond donors (Lipinski definition) is 1. The molecule has 0 amide bonds. The molecule has 0 radical (unpaired) electrons. The SMILES string of the molecule is Cc1ncccc1C(=O)c1sc(N)nc1-c1ccco1. The molecule has 3 aromatic rings. The van der Waals surface area contributed by atoms with Crippen LogP contribution < -0.4 is 5.73 Å². The monoisotopic (exact) mass is 285 g/mol. The van der Waals surface area contributed by atoms with Crippen LogP contribution in [0.2, 0.25) is 0 Å². The highest BCUT2D eigenvalue weighted by Gasteiger charge is 2.22. The average Bonchev–Trinajstić information content (AvgIpc) is 3.07. The number of pyridine rings is 1. The van der Waals surface area contributed by atoms with Crippen molar-refractivity contribution in [2.24, 2.45) is 0 Å². The first-order valence-electron chi connectivity index (χ1n) is 5.93. The van der Waals surface area contributed by atoms with Crippen molar-refractivity contribution in [2.45, 2.75) is 6.92 Å². The highest BCUT2D eigenvalue weighted by atomic mass is 32.1. The van der Waals surface area contributed by atoms with Crippen molar-refractivity contribution >= 4 is 22.3 Å². The van der Waals surface area contributed by atoms with E-state index in [4.69, 9.17) is 10.2 Å². The van der Waals surface area contributed by atoms with Gasteiger partial charge in [0, 0.05) is 17.5 Å². The molecule has 6 heteroatoms. The minimum absolute atomic E-state index is 0.142. The van der Waals surface area contributed by atoms with E-state index < -0.39 is 0 Å². The second kappa shape index (κ2) is 4.90. The molecule has 100 valence electrons. The van der Waals surface area contributed by atoms with Crippen LogP contribution in [-0.4, -0.2) is 15.8 Å². The standard InChI is InChI=1S/C14H11N3O2S/c1-8-9(4-2-6-16-8)12(18)13-11(17-14(15)20-13)10-5-3-7-19-10/h2-7H,1H3,(H2,15,17). The molecule has 5 nitrogen and oxygen atoms in total. The summed E-state index contributed by atoms with van der Waals surface area (Å²) in [4.78, 5) is 21.4. The Kier molecular flexibility index (Phi) is 3.08. The quantitative estimate of drug-likeness (QED) is 0.748. The predicted octanol–water partition coefficient (Wildman–Crippen LogP) is 2.92. The van der Waals surface area contributed by atoms with Crippen LogP contribution in [0.1, 0.15) is 20.9 Å². The number of rotatable bonds is 3. The van der Waals surface area contributed by atoms with E-state index in [-0.39, 0.29) is 5.78 Å². The average molecular weight is 285 g/mol. The van der Waals surface area contributed by atoms with Gasteiger partial charge in [0.1, 0.15) is 10.6 Å². The normalized spacial score (nSPS) is 10.7. The Hall–Kier alpha value is -2.47. The maximum Gasteiger partial charge on any atom is 0.207 e. The largest absolute Gasteiger partial charge is 0.463 e. The molecule has 2 N–H and O–H groups in total. The summed E-state index contributed by atoms with van der Waals surface area (Å²) in [5.74, 6) is 0.388. The minimum Gasteiger partial charge on any atom is -0.463 e. The summed E-state index contributed by atoms with van der Waals surface area (Å²) < 4.78 is 5.31. The van der Waals surface area contributed by atoms with Crippen molar-refractivity contribution in [2.75, 3.05) is 5.73 Å². The number of carbonyl (C=O) groups is 1. The summed E-state index contributed by atoms with van der Waals surface area (Å²) in [5, 5.41) is 0.335. The van der Waals surface area contributed by atoms with Gasteiger partial charge in [-0.05, 0) is 31.2 Å². The molecular weight excluding hydrogens is 274 g/mol. The van der Waals surface area contributed by atoms with Gasteiger partial charge in [-0.15, -0.1) is 0 Å². The van der Waals surface area contributed by atoms with E-state index >= 15 is 0 Å². The smallest absolute Gasteiger partial charge is 0.207 e. The second-order valence-corrected chi connectivity index (χ2v) is 5.20. The Morgan fingerprint density at radius 3 is 2.90 bits per heavy atom. The third-order valence-corrected chi connectivity index (χ3v) is 3.74. The Labute approximate surface area is 119 Å². The number of anilines is 1. The van der Waals surface area contributed by atoms with Crippen LogP contribution in [0.5, 0.6) is 0 Å². The first kappa shape index (κ1) is 12.6. The van der Waals surface area contributed by atoms with Gasteiger partial charge in [-0.1, -0.05) is 11.3 Å². The van der Waals surface area contributed by atoms with Gasteiger partial charge in [0.05, 0.1) is 6.26 Å². The Morgan fingerprint density at radius 2 is 2.20 bits per heavy atom. The summed E-state index contributed by atoms with van der Waals surface area (Å²) in [6, 6.07) is 6.97. The predicted molar refractivity (Wildman–Crippen MR) is 76.6 cm³/mol. The van der Waals surface area contributed by atoms with Crippen molar-refractivity contribution < 1.29 is 9.21 Å². The van der Waals surface area contributed by atoms with E-state index in [0.717, 1.165) is 11.3 Å². The molecule has 3 heterocycles. The van der Waals surface area contributed by atoms with E-state index in [2.05, 4.69) is 9.97 Å². The zero-order valence-electron chi connectivity index (χ0n) is 10.7. The number of thiazole rings is 1. The highest BCUT2D eigenvalue weighted by molar-refractivity contribution is 7.18. The van der Waals surface area contributed by atoms with Crippen LogP contribution in [0.25, 0.3) is 11.5 Å². The lowest BCUT2D eigenvalue weighted by Gasteiger charge is -2.02. The molecule has 20 heavy (non-hydrogen) atoms. The first-order valence-corrected chi connectivity index (χ1v) is 6.75. The molecule has 0 aliphatic rings. The van der Waals surface area contributed by atoms with Crippen LogP contribution in [0.4, 0.5) is 5.13 Å². The van der Waals surface area contributed by atoms with E-state index in [9.17, 15) is 4.79 Å². The molecule has 3 aromatic heterocycles. The Morgan fingerprint density at radius 1 is 1.35 bits per heavy atom. The van der Waals surface area contributed by atoms with Gasteiger partial charge in [-0.2, -0.15) is 0 Å². The second-order valence-electron chi connectivity index (χ2n) is 4.17. The summed E-state index contributed by atoms with van der Waals surface area (Å²) in [6.45, 7) is 1.80. The summed E-state index contributed by atoms with van der Waals surface area (Å²) in [5.41, 5.74) is 7.44. The molecule has 0 aliphatic carbocycles. The molecule has 0 atom stereocenters. The van der Waals surface area contributed by atoms with E-state index in [0.29, 0.717) is 32.7 Å². The number of furan rings is 1. The topological polar surface area (TPSA) is 82.0 Å². The summed E-state index contributed by atoms with van der Waals surface area (Å²) in [7, 11) is 0. The summed E-state index contributed by atoms with van der Waals surface area (Å²) in [6.07, 6.45) is 3.19. The molecule has 0 aromatic carbocycles. The lowest BCUT2D eigenvalue weighted by Crippen LogP contribution is -2.04. The number of nitrogen functional groups attached to an aromatic ring is 1. The van der Waals surface area contributed by atoms with Crippen molar-refractivity contribution in [3.05, 3.63) is 52.9 Å². The van der Waals surface area contributed by atoms with Gasteiger partial charge < -0.3 is 10.2 Å². The molecular formula is C14H11N3O2S. The number of hydrogen-bond acceptors (Lipinski definition) is 6. The number of aryl methyl sites for hydroxylation is 1. The zero-order chi connectivity index (χ0) is 14.1. The third-order valence-electron chi connectivity index (χ3n) is 2.86. The number of ketones is 1. The van der Waals surface area contributed by atoms with E-state index in [1.165, 1.54) is 6.26 Å². The lowest BCUT2D eigenvalue weighted by atomic mass is 10.1. The number of carbonyl (C=O) groups excluding carboxylic acids is 1. The van der Waals surface area contributed by atoms with Crippen molar-refractivity contribution in [1.29, 1.82) is 0 Å². The van der Waals surface area contributed by atoms with Gasteiger partial charge in [0.25, 0.3) is 0 Å². The van der Waals surface area contributed by atoms with Gasteiger partial charge in [0.2, 0.25) is 5.78 Å². The molecule has 0 fully saturated rings. The zero-order valence-corrected chi connectivity index (χ0v) is 11.5. The van der Waals surface area contributed by atoms with E-state index in [1.54, 1.807) is 37.4 Å². The van der Waals surface area contributed by atoms with Crippen LogP contribution >= 0.6 is 11.3 Å². The molecule has 0 unspecified atom stereocenters. The fourth-order valence-corrected chi connectivity index (χ4v) is 2.71. The van der Waals surface area contributed by atoms with Crippen LogP contribution in [-0.2, 0) is 0 Å². The number of aromatic nitrogens is 2. The van der Waals surface area contributed by atoms with Gasteiger partial charge in [-0.3, -0.25) is 9.78 Å². The van der Waals surface area contributed by atoms with Gasteiger partial charge in [0.15, 0.2) is 10.9 Å². The third kappa shape index (κ3) is 2.10. The molecule has 0 saturated heterocycles. The van der Waals surface area contributed by atoms with Crippen molar-refractivity contribution in [1.82, 2.24) is 9.97 Å². The van der Waals surface area contributed by atoms with E-state index in [1.807, 2.05) is 0 Å². The molecule has 0 spiro atoms. The maximum atomic E-state index is 12.6. The fourth-order valence-electron chi connectivity index (χ4n) is 1.92. The van der Waals surface area contributed by atoms with Crippen molar-refractivity contribution in [3.8, 4) is 11.5 Å². The highest BCUT2D eigenvalue weighted by Crippen LogP contribution is 2.32. The first-order chi connectivity index (χ1) is 9.66.